The van der Waals surface area contributed by atoms with E-state index in [0.717, 1.165) is 22.9 Å². The molecule has 3 aromatic rings. The van der Waals surface area contributed by atoms with E-state index in [1.807, 2.05) is 36.7 Å². The van der Waals surface area contributed by atoms with Gasteiger partial charge in [-0.3, -0.25) is 0 Å². The zero-order chi connectivity index (χ0) is 14.8. The molecule has 0 aliphatic rings. The Morgan fingerprint density at radius 1 is 0.857 bits per heavy atom. The van der Waals surface area contributed by atoms with Crippen LogP contribution in [0, 0.1) is 6.92 Å². The van der Waals surface area contributed by atoms with Gasteiger partial charge in [-0.1, -0.05) is 18.2 Å². The molecular formula is C17H18N4. The second-order valence-electron chi connectivity index (χ2n) is 5.07. The molecule has 0 saturated carbocycles. The Bertz CT molecular complexity index is 729. The van der Waals surface area contributed by atoms with Crippen LogP contribution in [-0.4, -0.2) is 21.8 Å². The normalized spacial score (nSPS) is 10.6. The maximum Gasteiger partial charge on any atom is 0.163 e. The van der Waals surface area contributed by atoms with Crippen LogP contribution in [0.3, 0.4) is 0 Å². The van der Waals surface area contributed by atoms with Crippen LogP contribution < -0.4 is 4.90 Å². The molecule has 0 radical (unpaired) electrons. The molecule has 1 heterocycles. The largest absolute Gasteiger partial charge is 0.345 e. The quantitative estimate of drug-likeness (QED) is 0.734. The molecule has 0 atom stereocenters. The molecule has 4 heteroatoms. The highest BCUT2D eigenvalue weighted by Crippen LogP contribution is 2.26. The molecule has 0 unspecified atom stereocenters. The molecule has 0 amide bonds. The van der Waals surface area contributed by atoms with Gasteiger partial charge < -0.3 is 9.47 Å². The zero-order valence-corrected chi connectivity index (χ0v) is 12.5. The van der Waals surface area contributed by atoms with E-state index < -0.39 is 0 Å². The summed E-state index contributed by atoms with van der Waals surface area (Å²) in [6.07, 6.45) is 0. The predicted octanol–water partition coefficient (Wildman–Crippen LogP) is 3.56. The molecule has 0 bridgehead atoms. The molecule has 1 aromatic heterocycles. The lowest BCUT2D eigenvalue weighted by Crippen LogP contribution is -2.08. The molecule has 0 spiro atoms. The summed E-state index contributed by atoms with van der Waals surface area (Å²) in [4.78, 5) is 2.16. The molecule has 4 nitrogen and oxygen atoms in total. The number of anilines is 2. The van der Waals surface area contributed by atoms with Crippen molar-refractivity contribution in [2.75, 3.05) is 11.9 Å². The Balaban J connectivity index is 1.89. The Morgan fingerprint density at radius 3 is 2.05 bits per heavy atom. The van der Waals surface area contributed by atoms with E-state index in [2.05, 4.69) is 58.5 Å². The minimum atomic E-state index is 0.890. The van der Waals surface area contributed by atoms with Crippen molar-refractivity contribution in [2.24, 2.45) is 7.05 Å². The summed E-state index contributed by atoms with van der Waals surface area (Å²) in [7, 11) is 4.05. The second-order valence-corrected chi connectivity index (χ2v) is 5.07. The summed E-state index contributed by atoms with van der Waals surface area (Å²) in [5, 5.41) is 8.32. The highest BCUT2D eigenvalue weighted by atomic mass is 15.3. The lowest BCUT2D eigenvalue weighted by molar-refractivity contribution is 0.865. The molecule has 0 aliphatic carbocycles. The van der Waals surface area contributed by atoms with Crippen LogP contribution >= 0.6 is 0 Å². The van der Waals surface area contributed by atoms with Crippen LogP contribution in [0.25, 0.3) is 11.4 Å². The average molecular weight is 278 g/mol. The van der Waals surface area contributed by atoms with Gasteiger partial charge in [0.05, 0.1) is 0 Å². The molecule has 0 fully saturated rings. The number of nitrogens with zero attached hydrogens (tertiary/aromatic N) is 4. The summed E-state index contributed by atoms with van der Waals surface area (Å²) in [6.45, 7) is 1.95. The molecule has 0 aliphatic heterocycles. The van der Waals surface area contributed by atoms with Crippen LogP contribution in [0.2, 0.25) is 0 Å². The number of benzene rings is 2. The molecule has 0 N–H and O–H groups in total. The van der Waals surface area contributed by atoms with Crippen molar-refractivity contribution >= 4 is 11.4 Å². The number of aromatic nitrogens is 3. The molecular weight excluding hydrogens is 260 g/mol. The Morgan fingerprint density at radius 2 is 1.48 bits per heavy atom. The van der Waals surface area contributed by atoms with E-state index in [-0.39, 0.29) is 0 Å². The Hall–Kier alpha value is -2.62. The van der Waals surface area contributed by atoms with Gasteiger partial charge in [0, 0.05) is 31.0 Å². The third-order valence-corrected chi connectivity index (χ3v) is 3.75. The fraction of sp³-hybridized carbons (Fsp3) is 0.176. The van der Waals surface area contributed by atoms with Crippen molar-refractivity contribution in [3.8, 4) is 11.4 Å². The van der Waals surface area contributed by atoms with Crippen LogP contribution in [0.15, 0.2) is 54.6 Å². The first-order valence-corrected chi connectivity index (χ1v) is 6.92. The van der Waals surface area contributed by atoms with Gasteiger partial charge in [-0.25, -0.2) is 0 Å². The topological polar surface area (TPSA) is 34.0 Å². The van der Waals surface area contributed by atoms with E-state index in [9.17, 15) is 0 Å². The summed E-state index contributed by atoms with van der Waals surface area (Å²) < 4.78 is 2.00. The van der Waals surface area contributed by atoms with E-state index in [1.54, 1.807) is 0 Å². The van der Waals surface area contributed by atoms with Crippen LogP contribution in [-0.2, 0) is 7.05 Å². The monoisotopic (exact) mass is 278 g/mol. The maximum absolute atomic E-state index is 4.22. The summed E-state index contributed by atoms with van der Waals surface area (Å²) in [5.41, 5.74) is 3.38. The lowest BCUT2D eigenvalue weighted by Gasteiger charge is -2.19. The van der Waals surface area contributed by atoms with Gasteiger partial charge in [0.15, 0.2) is 5.82 Å². The fourth-order valence-electron chi connectivity index (χ4n) is 2.29. The number of hydrogen-bond donors (Lipinski definition) is 0. The van der Waals surface area contributed by atoms with Crippen LogP contribution in [0.1, 0.15) is 5.82 Å². The van der Waals surface area contributed by atoms with Crippen molar-refractivity contribution in [3.05, 3.63) is 60.4 Å². The van der Waals surface area contributed by atoms with Gasteiger partial charge in [0.25, 0.3) is 0 Å². The Kier molecular flexibility index (Phi) is 3.44. The number of aryl methyl sites for hydroxylation is 1. The van der Waals surface area contributed by atoms with Gasteiger partial charge >= 0.3 is 0 Å². The number of rotatable bonds is 3. The first-order valence-electron chi connectivity index (χ1n) is 6.92. The van der Waals surface area contributed by atoms with Crippen LogP contribution in [0.4, 0.5) is 11.4 Å². The maximum atomic E-state index is 4.22. The highest BCUT2D eigenvalue weighted by molar-refractivity contribution is 5.66. The van der Waals surface area contributed by atoms with Crippen molar-refractivity contribution < 1.29 is 0 Å². The average Bonchev–Trinajstić information content (AvgIpc) is 2.87. The van der Waals surface area contributed by atoms with E-state index in [0.29, 0.717) is 0 Å². The minimum Gasteiger partial charge on any atom is -0.345 e. The zero-order valence-electron chi connectivity index (χ0n) is 12.5. The van der Waals surface area contributed by atoms with Crippen molar-refractivity contribution in [3.63, 3.8) is 0 Å². The smallest absolute Gasteiger partial charge is 0.163 e. The van der Waals surface area contributed by atoms with Gasteiger partial charge in [-0.15, -0.1) is 10.2 Å². The van der Waals surface area contributed by atoms with Crippen molar-refractivity contribution in [1.82, 2.24) is 14.8 Å². The number of para-hydroxylation sites is 1. The summed E-state index contributed by atoms with van der Waals surface area (Å²) >= 11 is 0. The lowest BCUT2D eigenvalue weighted by atomic mass is 10.1. The number of hydrogen-bond acceptors (Lipinski definition) is 3. The minimum absolute atomic E-state index is 0.890. The molecule has 106 valence electrons. The fourth-order valence-corrected chi connectivity index (χ4v) is 2.29. The van der Waals surface area contributed by atoms with Crippen molar-refractivity contribution in [1.29, 1.82) is 0 Å². The summed E-state index contributed by atoms with van der Waals surface area (Å²) in [5.74, 6) is 1.80. The third kappa shape index (κ3) is 2.52. The molecule has 2 aromatic carbocycles. The van der Waals surface area contributed by atoms with E-state index >= 15 is 0 Å². The molecule has 3 rings (SSSR count). The third-order valence-electron chi connectivity index (χ3n) is 3.75. The molecule has 21 heavy (non-hydrogen) atoms. The van der Waals surface area contributed by atoms with E-state index in [1.165, 1.54) is 5.69 Å². The highest BCUT2D eigenvalue weighted by Gasteiger charge is 2.09. The first kappa shape index (κ1) is 13.4. The standard InChI is InChI=1S/C17H18N4/c1-13-18-19-17(20(13)2)14-9-11-16(12-10-14)21(3)15-7-5-4-6-8-15/h4-12H,1-3H3. The first-order chi connectivity index (χ1) is 10.2. The predicted molar refractivity (Wildman–Crippen MR) is 85.7 cm³/mol. The Labute approximate surface area is 124 Å². The molecule has 0 saturated heterocycles. The van der Waals surface area contributed by atoms with E-state index in [4.69, 9.17) is 0 Å². The van der Waals surface area contributed by atoms with Crippen LogP contribution in [0.5, 0.6) is 0 Å². The van der Waals surface area contributed by atoms with Gasteiger partial charge in [-0.2, -0.15) is 0 Å². The summed E-state index contributed by atoms with van der Waals surface area (Å²) in [6, 6.07) is 18.7. The SMILES string of the molecule is Cc1nnc(-c2ccc(N(C)c3ccccc3)cc2)n1C. The van der Waals surface area contributed by atoms with Crippen molar-refractivity contribution in [2.45, 2.75) is 6.92 Å². The van der Waals surface area contributed by atoms with Gasteiger partial charge in [0.1, 0.15) is 5.82 Å². The van der Waals surface area contributed by atoms with Gasteiger partial charge in [0.2, 0.25) is 0 Å². The van der Waals surface area contributed by atoms with Gasteiger partial charge in [-0.05, 0) is 43.3 Å². The second kappa shape index (κ2) is 5.40.